The highest BCUT2D eigenvalue weighted by atomic mass is 79.9. The van der Waals surface area contributed by atoms with Crippen LogP contribution in [0.25, 0.3) is 0 Å². The zero-order chi connectivity index (χ0) is 33.4. The number of alkyl halides is 1. The molecule has 10 nitrogen and oxygen atoms in total. The molecule has 0 aromatic heterocycles. The van der Waals surface area contributed by atoms with Crippen LogP contribution in [-0.2, 0) is 28.7 Å². The molecule has 252 valence electrons. The Hall–Kier alpha value is -3.02. The third-order valence-electron chi connectivity index (χ3n) is 9.44. The normalized spacial score (nSPS) is 27.5. The van der Waals surface area contributed by atoms with Crippen molar-refractivity contribution in [2.75, 3.05) is 26.2 Å². The number of amides is 3. The van der Waals surface area contributed by atoms with E-state index in [1.54, 1.807) is 22.0 Å². The number of fused-ring (bicyclic) bond motifs is 1. The average Bonchev–Trinajstić information content (AvgIpc) is 3.64. The van der Waals surface area contributed by atoms with Gasteiger partial charge in [0.05, 0.1) is 24.5 Å². The van der Waals surface area contributed by atoms with Gasteiger partial charge in [-0.05, 0) is 44.6 Å². The first-order valence-corrected chi connectivity index (χ1v) is 17.3. The van der Waals surface area contributed by atoms with E-state index in [9.17, 15) is 24.3 Å². The Morgan fingerprint density at radius 1 is 1.24 bits per heavy atom. The quantitative estimate of drug-likeness (QED) is 0.102. The van der Waals surface area contributed by atoms with E-state index in [-0.39, 0.29) is 54.7 Å². The standard InChI is InChI=1S/C35H48BrN3O7/c1-5-8-17-27(41)37-22-26(24-15-10-9-11-16-24)45-34(44)28-29-32(42)39(19-12-13-20-40)31(35(29)21-25(36)30(28)46-35)33(43)38(18-7-3)23(4)14-6-2/h5,7,9-11,15-16,23,25-26,28-31,40H,1,3,6,8,12-14,17-22H2,2,4H3,(H,37,41)/t23?,25?,26-,28+,29-,30+,31+,35-/m0/s1. The lowest BCUT2D eigenvalue weighted by Gasteiger charge is -2.39. The summed E-state index contributed by atoms with van der Waals surface area (Å²) < 4.78 is 12.8. The molecule has 3 fully saturated rings. The van der Waals surface area contributed by atoms with Crippen molar-refractivity contribution in [3.05, 3.63) is 61.2 Å². The topological polar surface area (TPSA) is 125 Å². The molecule has 0 radical (unpaired) electrons. The van der Waals surface area contributed by atoms with Crippen molar-refractivity contribution in [1.29, 1.82) is 0 Å². The summed E-state index contributed by atoms with van der Waals surface area (Å²) in [7, 11) is 0. The fourth-order valence-electron chi connectivity index (χ4n) is 7.31. The second-order valence-corrected chi connectivity index (χ2v) is 13.7. The van der Waals surface area contributed by atoms with E-state index >= 15 is 0 Å². The van der Waals surface area contributed by atoms with Crippen molar-refractivity contribution < 1.29 is 33.8 Å². The van der Waals surface area contributed by atoms with Gasteiger partial charge in [0.1, 0.15) is 17.7 Å². The molecule has 3 heterocycles. The van der Waals surface area contributed by atoms with Crippen LogP contribution in [0.5, 0.6) is 0 Å². The summed E-state index contributed by atoms with van der Waals surface area (Å²) in [5.74, 6) is -3.18. The largest absolute Gasteiger partial charge is 0.455 e. The number of likely N-dealkylation sites (tertiary alicyclic amines) is 1. The van der Waals surface area contributed by atoms with Crippen LogP contribution in [0.4, 0.5) is 0 Å². The molecule has 4 rings (SSSR count). The van der Waals surface area contributed by atoms with Crippen LogP contribution in [0, 0.1) is 11.8 Å². The van der Waals surface area contributed by atoms with Crippen LogP contribution in [0.3, 0.4) is 0 Å². The minimum atomic E-state index is -1.22. The predicted octanol–water partition coefficient (Wildman–Crippen LogP) is 4.08. The van der Waals surface area contributed by atoms with Crippen molar-refractivity contribution in [3.63, 3.8) is 0 Å². The number of rotatable bonds is 18. The van der Waals surface area contributed by atoms with Crippen LogP contribution in [0.1, 0.15) is 70.5 Å². The molecule has 1 aromatic carbocycles. The monoisotopic (exact) mass is 701 g/mol. The van der Waals surface area contributed by atoms with Crippen molar-refractivity contribution in [2.45, 2.75) is 93.5 Å². The van der Waals surface area contributed by atoms with Crippen molar-refractivity contribution >= 4 is 39.6 Å². The van der Waals surface area contributed by atoms with E-state index < -0.39 is 41.7 Å². The van der Waals surface area contributed by atoms with Gasteiger partial charge in [-0.25, -0.2) is 0 Å². The molecular weight excluding hydrogens is 654 g/mol. The van der Waals surface area contributed by atoms with Gasteiger partial charge in [-0.2, -0.15) is 0 Å². The summed E-state index contributed by atoms with van der Waals surface area (Å²) >= 11 is 3.72. The minimum absolute atomic E-state index is 0.0344. The summed E-state index contributed by atoms with van der Waals surface area (Å²) in [5, 5.41) is 12.3. The van der Waals surface area contributed by atoms with Crippen LogP contribution < -0.4 is 5.32 Å². The van der Waals surface area contributed by atoms with Gasteiger partial charge in [0.25, 0.3) is 0 Å². The maximum Gasteiger partial charge on any atom is 0.313 e. The third-order valence-corrected chi connectivity index (χ3v) is 10.3. The summed E-state index contributed by atoms with van der Waals surface area (Å²) in [6, 6.07) is 8.14. The van der Waals surface area contributed by atoms with Crippen LogP contribution in [0.15, 0.2) is 55.6 Å². The lowest BCUT2D eigenvalue weighted by Crippen LogP contribution is -2.58. The molecule has 3 aliphatic heterocycles. The summed E-state index contributed by atoms with van der Waals surface area (Å²) in [6.45, 7) is 12.2. The number of hydrogen-bond acceptors (Lipinski definition) is 7. The number of benzene rings is 1. The number of esters is 1. The average molecular weight is 703 g/mol. The molecule has 1 aromatic rings. The molecule has 8 atom stereocenters. The maximum absolute atomic E-state index is 14.5. The van der Waals surface area contributed by atoms with Crippen molar-refractivity contribution in [3.8, 4) is 0 Å². The Morgan fingerprint density at radius 3 is 2.63 bits per heavy atom. The molecule has 3 amide bonds. The van der Waals surface area contributed by atoms with Gasteiger partial charge in [0, 0.05) is 37.0 Å². The number of carbonyl (C=O) groups excluding carboxylic acids is 4. The number of allylic oxidation sites excluding steroid dienone is 1. The molecule has 3 saturated heterocycles. The zero-order valence-corrected chi connectivity index (χ0v) is 28.5. The lowest BCUT2D eigenvalue weighted by molar-refractivity contribution is -0.160. The number of hydrogen-bond donors (Lipinski definition) is 2. The highest BCUT2D eigenvalue weighted by molar-refractivity contribution is 9.09. The van der Waals surface area contributed by atoms with Gasteiger partial charge >= 0.3 is 5.97 Å². The molecule has 11 heteroatoms. The molecule has 2 N–H and O–H groups in total. The smallest absolute Gasteiger partial charge is 0.313 e. The number of halogens is 1. The van der Waals surface area contributed by atoms with Crippen LogP contribution in [0.2, 0.25) is 0 Å². The number of nitrogens with zero attached hydrogens (tertiary/aromatic N) is 2. The fraction of sp³-hybridized carbons (Fsp3) is 0.600. The number of aliphatic hydroxyl groups is 1. The second-order valence-electron chi connectivity index (χ2n) is 12.5. The van der Waals surface area contributed by atoms with Gasteiger partial charge < -0.3 is 29.7 Å². The maximum atomic E-state index is 14.5. The molecule has 0 saturated carbocycles. The van der Waals surface area contributed by atoms with Gasteiger partial charge in [-0.1, -0.05) is 71.8 Å². The Labute approximate surface area is 280 Å². The number of unbranched alkanes of at least 4 members (excludes halogenated alkanes) is 1. The first-order chi connectivity index (χ1) is 22.1. The highest BCUT2D eigenvalue weighted by Gasteiger charge is 2.77. The molecule has 2 bridgehead atoms. The Kier molecular flexibility index (Phi) is 12.6. The number of aliphatic hydroxyl groups excluding tert-OH is 1. The molecule has 2 unspecified atom stereocenters. The number of ether oxygens (including phenoxy) is 2. The first-order valence-electron chi connectivity index (χ1n) is 16.4. The molecule has 1 spiro atoms. The van der Waals surface area contributed by atoms with Gasteiger partial charge in [0.15, 0.2) is 0 Å². The highest BCUT2D eigenvalue weighted by Crippen LogP contribution is 2.60. The van der Waals surface area contributed by atoms with E-state index in [1.165, 1.54) is 0 Å². The number of nitrogens with one attached hydrogen (secondary N) is 1. The summed E-state index contributed by atoms with van der Waals surface area (Å²) in [5.41, 5.74) is -0.516. The molecule has 3 aliphatic rings. The minimum Gasteiger partial charge on any atom is -0.455 e. The fourth-order valence-corrected chi connectivity index (χ4v) is 8.25. The van der Waals surface area contributed by atoms with Crippen molar-refractivity contribution in [1.82, 2.24) is 15.1 Å². The van der Waals surface area contributed by atoms with Gasteiger partial charge in [-0.3, -0.25) is 19.2 Å². The molecule has 46 heavy (non-hydrogen) atoms. The first kappa shape index (κ1) is 35.8. The van der Waals surface area contributed by atoms with Crippen LogP contribution >= 0.6 is 15.9 Å². The molecular formula is C35H48BrN3O7. The van der Waals surface area contributed by atoms with Gasteiger partial charge in [-0.15, -0.1) is 13.2 Å². The van der Waals surface area contributed by atoms with E-state index in [0.717, 1.165) is 12.8 Å². The van der Waals surface area contributed by atoms with Crippen LogP contribution in [-0.4, -0.2) is 93.5 Å². The number of carbonyl (C=O) groups is 4. The van der Waals surface area contributed by atoms with E-state index in [0.29, 0.717) is 37.8 Å². The lowest BCUT2D eigenvalue weighted by atomic mass is 9.70. The second kappa shape index (κ2) is 16.2. The zero-order valence-electron chi connectivity index (χ0n) is 26.9. The third kappa shape index (κ3) is 7.26. The predicted molar refractivity (Wildman–Crippen MR) is 178 cm³/mol. The van der Waals surface area contributed by atoms with E-state index in [4.69, 9.17) is 9.47 Å². The summed E-state index contributed by atoms with van der Waals surface area (Å²) in [4.78, 5) is 58.5. The summed E-state index contributed by atoms with van der Waals surface area (Å²) in [6.07, 6.45) is 5.70. The SMILES string of the molecule is C=CCCC(=O)NC[C@H](OC(=O)[C@H]1[C@@H]2O[C@@]3(CC2Br)[C@@H]1C(=O)N(CCCCO)[C@@H]3C(=O)N(CC=C)C(C)CCC)c1ccccc1. The molecule has 0 aliphatic carbocycles. The Bertz CT molecular complexity index is 1260. The van der Waals surface area contributed by atoms with Gasteiger partial charge in [0.2, 0.25) is 17.7 Å². The van der Waals surface area contributed by atoms with E-state index in [1.807, 2.05) is 37.3 Å². The Morgan fingerprint density at radius 2 is 1.98 bits per heavy atom. The van der Waals surface area contributed by atoms with Crippen molar-refractivity contribution in [2.24, 2.45) is 11.8 Å². The van der Waals surface area contributed by atoms with E-state index in [2.05, 4.69) is 41.3 Å². The Balaban J connectivity index is 1.66.